The van der Waals surface area contributed by atoms with E-state index in [9.17, 15) is 0 Å². The normalized spacial score (nSPS) is 11.0. The summed E-state index contributed by atoms with van der Waals surface area (Å²) in [5, 5.41) is 1.59. The highest BCUT2D eigenvalue weighted by molar-refractivity contribution is 5.91. The summed E-state index contributed by atoms with van der Waals surface area (Å²) < 4.78 is 15.4. The van der Waals surface area contributed by atoms with Gasteiger partial charge in [-0.05, 0) is 65.0 Å². The average molecular weight is 409 g/mol. The Bertz CT molecular complexity index is 1170. The monoisotopic (exact) mass is 408 g/mol. The van der Waals surface area contributed by atoms with Crippen LogP contribution in [0.4, 0.5) is 4.39 Å². The maximum atomic E-state index is 15.4. The highest BCUT2D eigenvalue weighted by atomic mass is 19.1. The molecular weight excluding hydrogens is 379 g/mol. The van der Waals surface area contributed by atoms with Crippen molar-refractivity contribution in [3.63, 3.8) is 0 Å². The fourth-order valence-corrected chi connectivity index (χ4v) is 4.06. The molecule has 31 heavy (non-hydrogen) atoms. The molecule has 0 nitrogen and oxygen atoms in total. The van der Waals surface area contributed by atoms with Crippen molar-refractivity contribution >= 4 is 10.8 Å². The summed E-state index contributed by atoms with van der Waals surface area (Å²) in [6.45, 7) is 5.99. The van der Waals surface area contributed by atoms with Gasteiger partial charge in [0.15, 0.2) is 0 Å². The number of hydrogen-bond acceptors (Lipinski definition) is 0. The number of fused-ring (bicyclic) bond motifs is 1. The first-order valence-electron chi connectivity index (χ1n) is 11.2. The third-order valence-electron chi connectivity index (χ3n) is 5.96. The van der Waals surface area contributed by atoms with Gasteiger partial charge in [-0.15, -0.1) is 6.58 Å². The summed E-state index contributed by atoms with van der Waals surface area (Å²) in [6, 6.07) is 26.9. The van der Waals surface area contributed by atoms with Gasteiger partial charge in [0.1, 0.15) is 5.82 Å². The van der Waals surface area contributed by atoms with Gasteiger partial charge >= 0.3 is 0 Å². The fourth-order valence-electron chi connectivity index (χ4n) is 4.06. The molecule has 0 fully saturated rings. The molecule has 0 aliphatic rings. The minimum absolute atomic E-state index is 0.155. The Kier molecular flexibility index (Phi) is 6.62. The van der Waals surface area contributed by atoms with Crippen LogP contribution in [-0.4, -0.2) is 0 Å². The topological polar surface area (TPSA) is 0 Å². The highest BCUT2D eigenvalue weighted by Gasteiger charge is 2.11. The number of rotatable bonds is 8. The molecule has 0 radical (unpaired) electrons. The molecule has 0 heterocycles. The van der Waals surface area contributed by atoms with E-state index in [1.165, 1.54) is 29.5 Å². The Morgan fingerprint density at radius 2 is 1.39 bits per heavy atom. The van der Waals surface area contributed by atoms with Crippen LogP contribution in [0.2, 0.25) is 0 Å². The Labute approximate surface area is 185 Å². The van der Waals surface area contributed by atoms with Crippen LogP contribution in [0.1, 0.15) is 37.3 Å². The van der Waals surface area contributed by atoms with E-state index in [0.29, 0.717) is 10.9 Å². The first-order chi connectivity index (χ1) is 15.2. The van der Waals surface area contributed by atoms with Crippen molar-refractivity contribution < 1.29 is 4.39 Å². The SMILES string of the molecule is C=CCCc1ccc(-c2ccc3cc(-c4ccc(CCCC)cc4)ccc3c2F)cc1. The maximum Gasteiger partial charge on any atom is 0.138 e. The van der Waals surface area contributed by atoms with E-state index in [1.54, 1.807) is 0 Å². The van der Waals surface area contributed by atoms with Gasteiger partial charge in [-0.3, -0.25) is 0 Å². The summed E-state index contributed by atoms with van der Waals surface area (Å²) in [4.78, 5) is 0. The van der Waals surface area contributed by atoms with Crippen molar-refractivity contribution in [2.24, 2.45) is 0 Å². The molecule has 0 aliphatic carbocycles. The van der Waals surface area contributed by atoms with Crippen LogP contribution >= 0.6 is 0 Å². The minimum Gasteiger partial charge on any atom is -0.206 e. The lowest BCUT2D eigenvalue weighted by Crippen LogP contribution is -1.90. The van der Waals surface area contributed by atoms with Crippen molar-refractivity contribution in [1.82, 2.24) is 0 Å². The standard InChI is InChI=1S/C30H29F/c1-3-5-7-22-9-13-24(14-10-22)26-17-19-29-27(21-26)18-20-28(30(29)31)25-15-11-23(12-16-25)8-6-4-2/h4,9-21H,2-3,5-8H2,1H3. The summed E-state index contributed by atoms with van der Waals surface area (Å²) in [5.41, 5.74) is 6.46. The molecule has 0 N–H and O–H groups in total. The Morgan fingerprint density at radius 3 is 2.06 bits per heavy atom. The van der Waals surface area contributed by atoms with E-state index in [1.807, 2.05) is 42.5 Å². The van der Waals surface area contributed by atoms with Gasteiger partial charge in [0.25, 0.3) is 0 Å². The molecule has 0 unspecified atom stereocenters. The van der Waals surface area contributed by atoms with Crippen molar-refractivity contribution in [3.8, 4) is 22.3 Å². The fraction of sp³-hybridized carbons (Fsp3) is 0.200. The van der Waals surface area contributed by atoms with E-state index >= 15 is 4.39 Å². The maximum absolute atomic E-state index is 15.4. The van der Waals surface area contributed by atoms with Crippen molar-refractivity contribution in [2.45, 2.75) is 39.0 Å². The first kappa shape index (κ1) is 21.1. The minimum atomic E-state index is -0.155. The molecule has 0 aliphatic heterocycles. The van der Waals surface area contributed by atoms with Crippen molar-refractivity contribution in [1.29, 1.82) is 0 Å². The quantitative estimate of drug-likeness (QED) is 0.256. The van der Waals surface area contributed by atoms with Crippen LogP contribution in [0, 0.1) is 5.82 Å². The van der Waals surface area contributed by atoms with Gasteiger partial charge in [-0.2, -0.15) is 0 Å². The van der Waals surface area contributed by atoms with Crippen LogP contribution in [0.15, 0.2) is 91.5 Å². The Balaban J connectivity index is 1.61. The van der Waals surface area contributed by atoms with E-state index in [-0.39, 0.29) is 5.82 Å². The number of allylic oxidation sites excluding steroid dienone is 1. The van der Waals surface area contributed by atoms with E-state index < -0.39 is 0 Å². The van der Waals surface area contributed by atoms with Gasteiger partial charge in [-0.25, -0.2) is 4.39 Å². The van der Waals surface area contributed by atoms with Gasteiger partial charge < -0.3 is 0 Å². The molecule has 0 atom stereocenters. The van der Waals surface area contributed by atoms with E-state index in [0.717, 1.165) is 35.8 Å². The zero-order valence-corrected chi connectivity index (χ0v) is 18.2. The lowest BCUT2D eigenvalue weighted by Gasteiger charge is -2.10. The van der Waals surface area contributed by atoms with E-state index in [2.05, 4.69) is 56.0 Å². The second kappa shape index (κ2) is 9.75. The number of hydrogen-bond donors (Lipinski definition) is 0. The summed E-state index contributed by atoms with van der Waals surface area (Å²) in [5.74, 6) is -0.155. The van der Waals surface area contributed by atoms with Gasteiger partial charge in [0.2, 0.25) is 0 Å². The number of benzene rings is 4. The summed E-state index contributed by atoms with van der Waals surface area (Å²) in [7, 11) is 0. The van der Waals surface area contributed by atoms with Gasteiger partial charge in [-0.1, -0.05) is 92.2 Å². The predicted octanol–water partition coefficient (Wildman–Crippen LogP) is 8.77. The molecular formula is C30H29F. The average Bonchev–Trinajstić information content (AvgIpc) is 2.82. The van der Waals surface area contributed by atoms with Crippen LogP contribution in [0.5, 0.6) is 0 Å². The molecule has 1 heteroatoms. The third kappa shape index (κ3) is 4.77. The molecule has 0 aromatic heterocycles. The van der Waals surface area contributed by atoms with Crippen LogP contribution < -0.4 is 0 Å². The molecule has 0 saturated heterocycles. The molecule has 0 saturated carbocycles. The van der Waals surface area contributed by atoms with Crippen molar-refractivity contribution in [3.05, 3.63) is 108 Å². The smallest absolute Gasteiger partial charge is 0.138 e. The lowest BCUT2D eigenvalue weighted by molar-refractivity contribution is 0.643. The first-order valence-corrected chi connectivity index (χ1v) is 11.2. The van der Waals surface area contributed by atoms with Crippen LogP contribution in [0.3, 0.4) is 0 Å². The predicted molar refractivity (Wildman–Crippen MR) is 132 cm³/mol. The van der Waals surface area contributed by atoms with Gasteiger partial charge in [0.05, 0.1) is 0 Å². The molecule has 4 aromatic carbocycles. The molecule has 0 spiro atoms. The summed E-state index contributed by atoms with van der Waals surface area (Å²) in [6.07, 6.45) is 7.39. The van der Waals surface area contributed by atoms with Crippen molar-refractivity contribution in [2.75, 3.05) is 0 Å². The second-order valence-electron chi connectivity index (χ2n) is 8.19. The summed E-state index contributed by atoms with van der Waals surface area (Å²) >= 11 is 0. The van der Waals surface area contributed by atoms with Crippen LogP contribution in [0.25, 0.3) is 33.0 Å². The molecule has 0 bridgehead atoms. The van der Waals surface area contributed by atoms with Crippen LogP contribution in [-0.2, 0) is 12.8 Å². The lowest BCUT2D eigenvalue weighted by atomic mass is 9.95. The molecule has 0 amide bonds. The number of aryl methyl sites for hydroxylation is 2. The van der Waals surface area contributed by atoms with Gasteiger partial charge in [0, 0.05) is 10.9 Å². The zero-order valence-electron chi connectivity index (χ0n) is 18.2. The third-order valence-corrected chi connectivity index (χ3v) is 5.96. The Morgan fingerprint density at radius 1 is 0.742 bits per heavy atom. The molecule has 4 aromatic rings. The molecule has 156 valence electrons. The van der Waals surface area contributed by atoms with E-state index in [4.69, 9.17) is 0 Å². The highest BCUT2D eigenvalue weighted by Crippen LogP contribution is 2.32. The second-order valence-corrected chi connectivity index (χ2v) is 8.19. The molecule has 4 rings (SSSR count). The Hall–Kier alpha value is -3.19. The number of unbranched alkanes of at least 4 members (excludes halogenated alkanes) is 1. The number of halogens is 1. The largest absolute Gasteiger partial charge is 0.206 e. The zero-order chi connectivity index (χ0) is 21.6.